The number of hydrogen-bond acceptors (Lipinski definition) is 2. The van der Waals surface area contributed by atoms with E-state index in [-0.39, 0.29) is 0 Å². The van der Waals surface area contributed by atoms with Gasteiger partial charge in [0.15, 0.2) is 0 Å². The second-order valence-corrected chi connectivity index (χ2v) is 5.82. The zero-order valence-corrected chi connectivity index (χ0v) is 12.1. The Labute approximate surface area is 121 Å². The summed E-state index contributed by atoms with van der Waals surface area (Å²) in [7, 11) is 0. The summed E-state index contributed by atoms with van der Waals surface area (Å²) in [5.41, 5.74) is 0.812. The molecule has 2 rings (SSSR count). The Morgan fingerprint density at radius 2 is 1.78 bits per heavy atom. The highest BCUT2D eigenvalue weighted by Crippen LogP contribution is 2.37. The summed E-state index contributed by atoms with van der Waals surface area (Å²) in [5.74, 6) is 0. The van der Waals surface area contributed by atoms with Crippen LogP contribution in [0.3, 0.4) is 0 Å². The van der Waals surface area contributed by atoms with Crippen molar-refractivity contribution in [3.05, 3.63) is 58.1 Å². The van der Waals surface area contributed by atoms with E-state index in [2.05, 4.69) is 0 Å². The summed E-state index contributed by atoms with van der Waals surface area (Å²) >= 11 is 13.6. The maximum atomic E-state index is 9.77. The molecule has 2 aromatic rings. The van der Waals surface area contributed by atoms with Crippen LogP contribution in [0.1, 0.15) is 18.6 Å². The number of aliphatic hydroxyl groups is 1. The molecule has 4 heteroatoms. The van der Waals surface area contributed by atoms with Crippen molar-refractivity contribution in [2.75, 3.05) is 0 Å². The van der Waals surface area contributed by atoms with E-state index in [1.807, 2.05) is 36.4 Å². The molecule has 1 N–H and O–H groups in total. The summed E-state index contributed by atoms with van der Waals surface area (Å²) < 4.78 is 0. The van der Waals surface area contributed by atoms with Gasteiger partial charge in [0.25, 0.3) is 0 Å². The molecule has 0 unspecified atom stereocenters. The zero-order valence-electron chi connectivity index (χ0n) is 9.73. The van der Waals surface area contributed by atoms with Gasteiger partial charge >= 0.3 is 0 Å². The molecule has 0 saturated carbocycles. The number of aliphatic hydroxyl groups excluding tert-OH is 1. The Balaban J connectivity index is 2.37. The maximum Gasteiger partial charge on any atom is 0.0773 e. The van der Waals surface area contributed by atoms with Crippen LogP contribution in [-0.2, 0) is 0 Å². The van der Waals surface area contributed by atoms with Crippen molar-refractivity contribution in [2.24, 2.45) is 0 Å². The molecule has 0 fully saturated rings. The standard InChI is InChI=1S/C14H12Cl2OS/c1-9(17)11-8-10(15)6-7-13(11)18-14-5-3-2-4-12(14)16/h2-9,17H,1H3/t9-/m0/s1. The fourth-order valence-corrected chi connectivity index (χ4v) is 3.05. The van der Waals surface area contributed by atoms with Crippen LogP contribution in [0.4, 0.5) is 0 Å². The Kier molecular flexibility index (Phi) is 4.57. The predicted molar refractivity (Wildman–Crippen MR) is 77.7 cm³/mol. The summed E-state index contributed by atoms with van der Waals surface area (Å²) in [6.45, 7) is 1.72. The molecule has 0 radical (unpaired) electrons. The first-order valence-electron chi connectivity index (χ1n) is 5.48. The first-order valence-corrected chi connectivity index (χ1v) is 7.05. The lowest BCUT2D eigenvalue weighted by Crippen LogP contribution is -1.94. The van der Waals surface area contributed by atoms with E-state index in [0.717, 1.165) is 15.4 Å². The summed E-state index contributed by atoms with van der Waals surface area (Å²) in [6.07, 6.45) is -0.561. The minimum Gasteiger partial charge on any atom is -0.389 e. The first-order chi connectivity index (χ1) is 8.58. The van der Waals surface area contributed by atoms with Crippen LogP contribution in [0.5, 0.6) is 0 Å². The maximum absolute atomic E-state index is 9.77. The third kappa shape index (κ3) is 3.21. The molecule has 0 amide bonds. The molecule has 0 aliphatic carbocycles. The van der Waals surface area contributed by atoms with Crippen molar-refractivity contribution in [3.8, 4) is 0 Å². The van der Waals surface area contributed by atoms with Crippen molar-refractivity contribution < 1.29 is 5.11 Å². The molecule has 0 aliphatic heterocycles. The van der Waals surface area contributed by atoms with Gasteiger partial charge < -0.3 is 5.11 Å². The number of rotatable bonds is 3. The monoisotopic (exact) mass is 298 g/mol. The van der Waals surface area contributed by atoms with Crippen molar-refractivity contribution >= 4 is 35.0 Å². The molecule has 0 spiro atoms. The highest BCUT2D eigenvalue weighted by atomic mass is 35.5. The third-order valence-electron chi connectivity index (χ3n) is 2.48. The fourth-order valence-electron chi connectivity index (χ4n) is 1.58. The van der Waals surface area contributed by atoms with Crippen molar-refractivity contribution in [3.63, 3.8) is 0 Å². The van der Waals surface area contributed by atoms with Gasteiger partial charge in [-0.25, -0.2) is 0 Å². The van der Waals surface area contributed by atoms with Crippen molar-refractivity contribution in [1.82, 2.24) is 0 Å². The lowest BCUT2D eigenvalue weighted by atomic mass is 10.1. The normalized spacial score (nSPS) is 12.4. The number of benzene rings is 2. The van der Waals surface area contributed by atoms with E-state index < -0.39 is 6.10 Å². The molecule has 0 aromatic heterocycles. The lowest BCUT2D eigenvalue weighted by molar-refractivity contribution is 0.196. The molecule has 2 aromatic carbocycles. The van der Waals surface area contributed by atoms with Gasteiger partial charge in [-0.05, 0) is 42.8 Å². The van der Waals surface area contributed by atoms with Crippen LogP contribution >= 0.6 is 35.0 Å². The molecule has 0 heterocycles. The Bertz CT molecular complexity index is 555. The van der Waals surface area contributed by atoms with Gasteiger partial charge in [0.1, 0.15) is 0 Å². The van der Waals surface area contributed by atoms with Crippen LogP contribution in [0.15, 0.2) is 52.3 Å². The molecule has 1 atom stereocenters. The Morgan fingerprint density at radius 3 is 2.44 bits per heavy atom. The van der Waals surface area contributed by atoms with Crippen LogP contribution in [0, 0.1) is 0 Å². The van der Waals surface area contributed by atoms with Crippen LogP contribution in [-0.4, -0.2) is 5.11 Å². The number of hydrogen-bond donors (Lipinski definition) is 1. The van der Waals surface area contributed by atoms with E-state index in [9.17, 15) is 5.11 Å². The average molecular weight is 299 g/mol. The highest BCUT2D eigenvalue weighted by Gasteiger charge is 2.11. The second kappa shape index (κ2) is 5.98. The molecule has 18 heavy (non-hydrogen) atoms. The van der Waals surface area contributed by atoms with E-state index in [4.69, 9.17) is 23.2 Å². The smallest absolute Gasteiger partial charge is 0.0773 e. The SMILES string of the molecule is C[C@H](O)c1cc(Cl)ccc1Sc1ccccc1Cl. The lowest BCUT2D eigenvalue weighted by Gasteiger charge is -2.12. The Morgan fingerprint density at radius 1 is 1.06 bits per heavy atom. The molecule has 0 bridgehead atoms. The quantitative estimate of drug-likeness (QED) is 0.840. The van der Waals surface area contributed by atoms with Crippen LogP contribution in [0.2, 0.25) is 10.0 Å². The van der Waals surface area contributed by atoms with Gasteiger partial charge in [-0.15, -0.1) is 0 Å². The molecule has 0 aliphatic rings. The first kappa shape index (κ1) is 13.8. The van der Waals surface area contributed by atoms with Gasteiger partial charge in [0.2, 0.25) is 0 Å². The molecule has 0 saturated heterocycles. The zero-order chi connectivity index (χ0) is 13.1. The van der Waals surface area contributed by atoms with E-state index >= 15 is 0 Å². The number of halogens is 2. The molecule has 1 nitrogen and oxygen atoms in total. The van der Waals surface area contributed by atoms with E-state index in [1.165, 1.54) is 11.8 Å². The Hall–Kier alpha value is -0.670. The largest absolute Gasteiger partial charge is 0.389 e. The fraction of sp³-hybridized carbons (Fsp3) is 0.143. The van der Waals surface area contributed by atoms with Crippen molar-refractivity contribution in [2.45, 2.75) is 22.8 Å². The van der Waals surface area contributed by atoms with E-state index in [0.29, 0.717) is 10.0 Å². The topological polar surface area (TPSA) is 20.2 Å². The van der Waals surface area contributed by atoms with Crippen LogP contribution in [0.25, 0.3) is 0 Å². The third-order valence-corrected chi connectivity index (χ3v) is 4.32. The molecular formula is C14H12Cl2OS. The average Bonchev–Trinajstić information content (AvgIpc) is 2.34. The van der Waals surface area contributed by atoms with Gasteiger partial charge in [-0.3, -0.25) is 0 Å². The van der Waals surface area contributed by atoms with Gasteiger partial charge in [-0.1, -0.05) is 47.1 Å². The van der Waals surface area contributed by atoms with E-state index in [1.54, 1.807) is 13.0 Å². The highest BCUT2D eigenvalue weighted by molar-refractivity contribution is 7.99. The molecule has 94 valence electrons. The van der Waals surface area contributed by atoms with Gasteiger partial charge in [0, 0.05) is 14.8 Å². The molecular weight excluding hydrogens is 287 g/mol. The summed E-state index contributed by atoms with van der Waals surface area (Å²) in [6, 6.07) is 13.1. The second-order valence-electron chi connectivity index (χ2n) is 3.89. The van der Waals surface area contributed by atoms with Crippen LogP contribution < -0.4 is 0 Å². The van der Waals surface area contributed by atoms with Gasteiger partial charge in [-0.2, -0.15) is 0 Å². The van der Waals surface area contributed by atoms with Gasteiger partial charge in [0.05, 0.1) is 11.1 Å². The predicted octanol–water partition coefficient (Wildman–Crippen LogP) is 5.20. The minimum atomic E-state index is -0.561. The minimum absolute atomic E-state index is 0.561. The summed E-state index contributed by atoms with van der Waals surface area (Å²) in [4.78, 5) is 1.92. The van der Waals surface area contributed by atoms with Crippen molar-refractivity contribution in [1.29, 1.82) is 0 Å². The summed E-state index contributed by atoms with van der Waals surface area (Å²) in [5, 5.41) is 11.1.